The number of likely N-dealkylation sites (N-methyl/N-ethyl adjacent to an activating group) is 1. The number of hydrogen-bond acceptors (Lipinski definition) is 4. The summed E-state index contributed by atoms with van der Waals surface area (Å²) in [5, 5.41) is 0. The molecule has 2 heterocycles. The average Bonchev–Trinajstić information content (AvgIpc) is 2.83. The Bertz CT molecular complexity index is 704. The van der Waals surface area contributed by atoms with E-state index in [9.17, 15) is 9.59 Å². The average molecular weight is 361 g/mol. The fourth-order valence-corrected chi connectivity index (χ4v) is 3.99. The van der Waals surface area contributed by atoms with Gasteiger partial charge >= 0.3 is 0 Å². The standard InChI is InChI=1S/C18H20N2O2S2/c1-12-7-9-20(10-8-12)16(21)14-5-3-13(4-6-14)11-15-17(22)19(2)18(23)24-15/h3-6,11-12H,7-10H2,1-2H3. The van der Waals surface area contributed by atoms with Crippen LogP contribution in [-0.2, 0) is 4.79 Å². The van der Waals surface area contributed by atoms with Crippen LogP contribution in [0.15, 0.2) is 29.2 Å². The lowest BCUT2D eigenvalue weighted by molar-refractivity contribution is -0.121. The van der Waals surface area contributed by atoms with Crippen LogP contribution >= 0.6 is 24.0 Å². The molecule has 24 heavy (non-hydrogen) atoms. The van der Waals surface area contributed by atoms with E-state index in [1.807, 2.05) is 35.2 Å². The number of piperidine rings is 1. The fourth-order valence-electron chi connectivity index (χ4n) is 2.81. The summed E-state index contributed by atoms with van der Waals surface area (Å²) in [6.07, 6.45) is 3.96. The molecule has 0 spiro atoms. The Morgan fingerprint density at radius 2 is 1.88 bits per heavy atom. The highest BCUT2D eigenvalue weighted by Crippen LogP contribution is 2.31. The number of nitrogens with zero attached hydrogens (tertiary/aromatic N) is 2. The Morgan fingerprint density at radius 1 is 1.25 bits per heavy atom. The van der Waals surface area contributed by atoms with Crippen molar-refractivity contribution in [2.45, 2.75) is 19.8 Å². The molecule has 126 valence electrons. The van der Waals surface area contributed by atoms with Crippen molar-refractivity contribution in [3.8, 4) is 0 Å². The number of amides is 2. The second-order valence-corrected chi connectivity index (χ2v) is 8.01. The third-order valence-electron chi connectivity index (χ3n) is 4.51. The third kappa shape index (κ3) is 3.54. The summed E-state index contributed by atoms with van der Waals surface area (Å²) in [6.45, 7) is 3.90. The molecule has 2 aliphatic heterocycles. The molecular weight excluding hydrogens is 340 g/mol. The summed E-state index contributed by atoms with van der Waals surface area (Å²) in [7, 11) is 1.68. The summed E-state index contributed by atoms with van der Waals surface area (Å²) in [5.74, 6) is 0.717. The van der Waals surface area contributed by atoms with Crippen LogP contribution in [-0.4, -0.2) is 46.1 Å². The van der Waals surface area contributed by atoms with Crippen molar-refractivity contribution >= 4 is 46.2 Å². The zero-order valence-corrected chi connectivity index (χ0v) is 15.5. The van der Waals surface area contributed by atoms with Crippen LogP contribution in [0.25, 0.3) is 6.08 Å². The fraction of sp³-hybridized carbons (Fsp3) is 0.389. The first-order valence-corrected chi connectivity index (χ1v) is 9.29. The van der Waals surface area contributed by atoms with E-state index in [-0.39, 0.29) is 11.8 Å². The van der Waals surface area contributed by atoms with Gasteiger partial charge in [0.05, 0.1) is 4.91 Å². The summed E-state index contributed by atoms with van der Waals surface area (Å²) in [5.41, 5.74) is 1.59. The number of carbonyl (C=O) groups excluding carboxylic acids is 2. The van der Waals surface area contributed by atoms with E-state index in [1.165, 1.54) is 16.7 Å². The summed E-state index contributed by atoms with van der Waals surface area (Å²) >= 11 is 6.43. The molecule has 4 nitrogen and oxygen atoms in total. The maximum absolute atomic E-state index is 12.5. The Morgan fingerprint density at radius 3 is 2.42 bits per heavy atom. The van der Waals surface area contributed by atoms with Crippen LogP contribution in [0, 0.1) is 5.92 Å². The van der Waals surface area contributed by atoms with Crippen molar-refractivity contribution in [2.24, 2.45) is 5.92 Å². The van der Waals surface area contributed by atoms with E-state index < -0.39 is 0 Å². The lowest BCUT2D eigenvalue weighted by Crippen LogP contribution is -2.37. The molecule has 0 aliphatic carbocycles. The predicted octanol–water partition coefficient (Wildman–Crippen LogP) is 3.39. The second-order valence-electron chi connectivity index (χ2n) is 6.34. The zero-order valence-electron chi connectivity index (χ0n) is 13.8. The molecule has 0 saturated carbocycles. The van der Waals surface area contributed by atoms with Gasteiger partial charge < -0.3 is 4.90 Å². The minimum atomic E-state index is -0.0763. The van der Waals surface area contributed by atoms with Gasteiger partial charge in [0.2, 0.25) is 0 Å². The van der Waals surface area contributed by atoms with Crippen molar-refractivity contribution in [3.63, 3.8) is 0 Å². The molecule has 0 N–H and O–H groups in total. The number of hydrogen-bond donors (Lipinski definition) is 0. The molecular formula is C18H20N2O2S2. The van der Waals surface area contributed by atoms with Crippen LogP contribution in [0.1, 0.15) is 35.7 Å². The topological polar surface area (TPSA) is 40.6 Å². The van der Waals surface area contributed by atoms with Crippen LogP contribution < -0.4 is 0 Å². The van der Waals surface area contributed by atoms with Gasteiger partial charge in [-0.25, -0.2) is 0 Å². The van der Waals surface area contributed by atoms with Gasteiger partial charge in [0.25, 0.3) is 11.8 Å². The minimum Gasteiger partial charge on any atom is -0.339 e. The Hall–Kier alpha value is -1.66. The molecule has 0 unspecified atom stereocenters. The highest BCUT2D eigenvalue weighted by atomic mass is 32.2. The van der Waals surface area contributed by atoms with Gasteiger partial charge in [-0.05, 0) is 42.5 Å². The van der Waals surface area contributed by atoms with E-state index >= 15 is 0 Å². The molecule has 2 fully saturated rings. The van der Waals surface area contributed by atoms with Crippen LogP contribution in [0.5, 0.6) is 0 Å². The van der Waals surface area contributed by atoms with Gasteiger partial charge in [0.15, 0.2) is 0 Å². The molecule has 3 rings (SSSR count). The van der Waals surface area contributed by atoms with E-state index in [0.717, 1.165) is 31.5 Å². The maximum Gasteiger partial charge on any atom is 0.265 e. The van der Waals surface area contributed by atoms with Crippen LogP contribution in [0.4, 0.5) is 0 Å². The second kappa shape index (κ2) is 7.07. The van der Waals surface area contributed by atoms with Crippen molar-refractivity contribution in [1.29, 1.82) is 0 Å². The van der Waals surface area contributed by atoms with Gasteiger partial charge in [-0.2, -0.15) is 0 Å². The molecule has 0 aromatic heterocycles. The molecule has 0 atom stereocenters. The monoisotopic (exact) mass is 360 g/mol. The first kappa shape index (κ1) is 17.2. The van der Waals surface area contributed by atoms with Gasteiger partial charge in [0.1, 0.15) is 4.32 Å². The van der Waals surface area contributed by atoms with E-state index in [1.54, 1.807) is 7.05 Å². The molecule has 6 heteroatoms. The van der Waals surface area contributed by atoms with Gasteiger partial charge in [-0.1, -0.05) is 43.0 Å². The minimum absolute atomic E-state index is 0.0763. The zero-order chi connectivity index (χ0) is 17.3. The van der Waals surface area contributed by atoms with E-state index in [0.29, 0.717) is 20.7 Å². The highest BCUT2D eigenvalue weighted by molar-refractivity contribution is 8.26. The number of benzene rings is 1. The van der Waals surface area contributed by atoms with Gasteiger partial charge in [-0.15, -0.1) is 0 Å². The lowest BCUT2D eigenvalue weighted by atomic mass is 9.98. The quantitative estimate of drug-likeness (QED) is 0.599. The van der Waals surface area contributed by atoms with Crippen LogP contribution in [0.2, 0.25) is 0 Å². The number of thiocarbonyl (C=S) groups is 1. The maximum atomic E-state index is 12.5. The predicted molar refractivity (Wildman–Crippen MR) is 102 cm³/mol. The first-order valence-electron chi connectivity index (χ1n) is 8.06. The molecule has 1 aromatic carbocycles. The number of carbonyl (C=O) groups is 2. The number of thioether (sulfide) groups is 1. The SMILES string of the molecule is CC1CCN(C(=O)c2ccc(C=C3SC(=S)N(C)C3=O)cc2)CC1. The summed E-state index contributed by atoms with van der Waals surface area (Å²) < 4.78 is 0.567. The molecule has 0 radical (unpaired) electrons. The highest BCUT2D eigenvalue weighted by Gasteiger charge is 2.28. The molecule has 0 bridgehead atoms. The number of likely N-dealkylation sites (tertiary alicyclic amines) is 1. The molecule has 2 aliphatic rings. The first-order chi connectivity index (χ1) is 11.5. The Labute approximate surface area is 151 Å². The van der Waals surface area contributed by atoms with Crippen molar-refractivity contribution in [3.05, 3.63) is 40.3 Å². The molecule has 2 saturated heterocycles. The van der Waals surface area contributed by atoms with Crippen molar-refractivity contribution < 1.29 is 9.59 Å². The normalized spacial score (nSPS) is 21.0. The third-order valence-corrected chi connectivity index (χ3v) is 6.00. The van der Waals surface area contributed by atoms with E-state index in [2.05, 4.69) is 6.92 Å². The van der Waals surface area contributed by atoms with Crippen molar-refractivity contribution in [1.82, 2.24) is 9.80 Å². The summed E-state index contributed by atoms with van der Waals surface area (Å²) in [4.78, 5) is 28.6. The Kier molecular flexibility index (Phi) is 5.06. The largest absolute Gasteiger partial charge is 0.339 e. The van der Waals surface area contributed by atoms with E-state index in [4.69, 9.17) is 12.2 Å². The summed E-state index contributed by atoms with van der Waals surface area (Å²) in [6, 6.07) is 7.42. The molecule has 1 aromatic rings. The smallest absolute Gasteiger partial charge is 0.265 e. The van der Waals surface area contributed by atoms with Gasteiger partial charge in [0, 0.05) is 25.7 Å². The number of rotatable bonds is 2. The molecule has 2 amide bonds. The Balaban J connectivity index is 1.71. The lowest BCUT2D eigenvalue weighted by Gasteiger charge is -2.30. The van der Waals surface area contributed by atoms with Crippen LogP contribution in [0.3, 0.4) is 0 Å². The van der Waals surface area contributed by atoms with Gasteiger partial charge in [-0.3, -0.25) is 14.5 Å². The van der Waals surface area contributed by atoms with Crippen molar-refractivity contribution in [2.75, 3.05) is 20.1 Å².